The van der Waals surface area contributed by atoms with Crippen molar-refractivity contribution in [2.24, 2.45) is 5.92 Å². The van der Waals surface area contributed by atoms with E-state index < -0.39 is 21.4 Å². The first-order valence-electron chi connectivity index (χ1n) is 11.8. The minimum absolute atomic E-state index is 0.0104. The third kappa shape index (κ3) is 5.48. The van der Waals surface area contributed by atoms with Gasteiger partial charge in [-0.25, -0.2) is 17.8 Å². The third-order valence-electron chi connectivity index (χ3n) is 6.41. The Bertz CT molecular complexity index is 1280. The number of imidazole rings is 1. The van der Waals surface area contributed by atoms with Crippen LogP contribution in [0.3, 0.4) is 0 Å². The second-order valence-electron chi connectivity index (χ2n) is 9.18. The molecule has 1 aliphatic heterocycles. The maximum atomic E-state index is 14.2. The summed E-state index contributed by atoms with van der Waals surface area (Å²) >= 11 is 0. The Labute approximate surface area is 203 Å². The molecule has 10 heteroatoms. The van der Waals surface area contributed by atoms with Crippen molar-refractivity contribution in [3.05, 3.63) is 71.7 Å². The van der Waals surface area contributed by atoms with E-state index in [1.165, 1.54) is 24.4 Å². The van der Waals surface area contributed by atoms with Crippen molar-refractivity contribution in [2.45, 2.75) is 62.3 Å². The van der Waals surface area contributed by atoms with E-state index in [9.17, 15) is 17.6 Å². The van der Waals surface area contributed by atoms with Crippen LogP contribution in [0.4, 0.5) is 4.39 Å². The zero-order chi connectivity index (χ0) is 24.4. The van der Waals surface area contributed by atoms with E-state index >= 15 is 0 Å². The van der Waals surface area contributed by atoms with Crippen molar-refractivity contribution < 1.29 is 26.8 Å². The van der Waals surface area contributed by atoms with Crippen molar-refractivity contribution in [1.29, 1.82) is 0 Å². The number of sulfone groups is 1. The molecule has 8 nitrogen and oxygen atoms in total. The fraction of sp³-hybridized carbons (Fsp3) is 0.440. The average Bonchev–Trinajstić information content (AvgIpc) is 3.18. The van der Waals surface area contributed by atoms with Gasteiger partial charge in [0, 0.05) is 18.1 Å². The predicted octanol–water partition coefficient (Wildman–Crippen LogP) is 3.71. The Balaban J connectivity index is 1.46. The predicted molar refractivity (Wildman–Crippen MR) is 124 cm³/mol. The summed E-state index contributed by atoms with van der Waals surface area (Å²) in [6, 6.07) is 9.40. The lowest BCUT2D eigenvalue weighted by Gasteiger charge is -2.23. The van der Waals surface area contributed by atoms with Crippen molar-refractivity contribution in [3.63, 3.8) is 0 Å². The molecule has 2 aromatic heterocycles. The summed E-state index contributed by atoms with van der Waals surface area (Å²) in [6.07, 6.45) is 6.32. The number of hydrogen-bond donors (Lipinski definition) is 0. The number of furan rings is 1. The topological polar surface area (TPSA) is 94.6 Å². The molecule has 1 saturated heterocycles. The zero-order valence-corrected chi connectivity index (χ0v) is 20.1. The lowest BCUT2D eigenvalue weighted by atomic mass is 10.2. The monoisotopic (exact) mass is 501 g/mol. The molecule has 0 spiro atoms. The maximum absolute atomic E-state index is 14.2. The number of ether oxygens (including phenoxy) is 1. The van der Waals surface area contributed by atoms with Gasteiger partial charge in [-0.1, -0.05) is 18.2 Å². The van der Waals surface area contributed by atoms with Gasteiger partial charge in [0.25, 0.3) is 0 Å². The molecule has 1 aliphatic carbocycles. The molecule has 1 saturated carbocycles. The van der Waals surface area contributed by atoms with Gasteiger partial charge in [0.05, 0.1) is 49.6 Å². The molecule has 0 unspecified atom stereocenters. The molecule has 3 aromatic rings. The molecule has 2 aliphatic rings. The molecule has 0 bridgehead atoms. The van der Waals surface area contributed by atoms with Crippen molar-refractivity contribution in [1.82, 2.24) is 14.5 Å². The normalized spacial score (nSPS) is 18.1. The molecule has 0 radical (unpaired) electrons. The van der Waals surface area contributed by atoms with Crippen LogP contribution in [0.25, 0.3) is 0 Å². The van der Waals surface area contributed by atoms with E-state index in [2.05, 4.69) is 4.98 Å². The van der Waals surface area contributed by atoms with E-state index in [-0.39, 0.29) is 41.7 Å². The first-order chi connectivity index (χ1) is 16.9. The molecular weight excluding hydrogens is 473 g/mol. The Kier molecular flexibility index (Phi) is 6.75. The van der Waals surface area contributed by atoms with Crippen LogP contribution in [-0.4, -0.2) is 41.5 Å². The number of carbonyl (C=O) groups is 1. The number of hydrogen-bond acceptors (Lipinski definition) is 6. The summed E-state index contributed by atoms with van der Waals surface area (Å²) < 4.78 is 53.8. The van der Waals surface area contributed by atoms with Crippen LogP contribution < -0.4 is 0 Å². The van der Waals surface area contributed by atoms with Crippen molar-refractivity contribution >= 4 is 15.7 Å². The summed E-state index contributed by atoms with van der Waals surface area (Å²) in [7, 11) is -3.96. The molecular formula is C25H28FN3O5S. The van der Waals surface area contributed by atoms with Crippen LogP contribution >= 0.6 is 0 Å². The maximum Gasteiger partial charge on any atom is 0.228 e. The number of aromatic nitrogens is 2. The fourth-order valence-electron chi connectivity index (χ4n) is 4.42. The third-order valence-corrected chi connectivity index (χ3v) is 7.98. The van der Waals surface area contributed by atoms with Crippen LogP contribution in [0.5, 0.6) is 0 Å². The van der Waals surface area contributed by atoms with Gasteiger partial charge in [-0.15, -0.1) is 0 Å². The van der Waals surface area contributed by atoms with Crippen LogP contribution in [0.1, 0.15) is 42.7 Å². The number of amides is 1. The Morgan fingerprint density at radius 2 is 1.97 bits per heavy atom. The molecule has 2 fully saturated rings. The van der Waals surface area contributed by atoms with Gasteiger partial charge in [-0.05, 0) is 43.9 Å². The van der Waals surface area contributed by atoms with Gasteiger partial charge in [0.1, 0.15) is 11.6 Å². The number of halogens is 1. The highest BCUT2D eigenvalue weighted by Gasteiger charge is 2.35. The number of nitrogens with zero attached hydrogens (tertiary/aromatic N) is 3. The lowest BCUT2D eigenvalue weighted by molar-refractivity contribution is -0.134. The summed E-state index contributed by atoms with van der Waals surface area (Å²) in [5.74, 6) is -0.422. The van der Waals surface area contributed by atoms with Crippen molar-refractivity contribution in [3.8, 4) is 0 Å². The first kappa shape index (κ1) is 23.7. The van der Waals surface area contributed by atoms with Gasteiger partial charge in [-0.3, -0.25) is 4.79 Å². The average molecular weight is 502 g/mol. The standard InChI is InChI=1S/C25H28FN3O5S/c26-23-8-2-1-5-19(23)17-35(31,32)25-27-13-20(29(25)16-22-7-4-12-34-22)14-28(24(30)18-9-10-18)15-21-6-3-11-33-21/h1-3,5-6,8,11,13,18,22H,4,7,9-10,12,14-17H2/t22-/m0/s1. The molecule has 0 N–H and O–H groups in total. The summed E-state index contributed by atoms with van der Waals surface area (Å²) in [6.45, 7) is 1.39. The lowest BCUT2D eigenvalue weighted by Crippen LogP contribution is -2.33. The summed E-state index contributed by atoms with van der Waals surface area (Å²) in [5.41, 5.74) is 0.678. The molecule has 35 heavy (non-hydrogen) atoms. The van der Waals surface area contributed by atoms with Crippen LogP contribution in [0.15, 0.2) is 58.4 Å². The fourth-order valence-corrected chi connectivity index (χ4v) is 5.94. The van der Waals surface area contributed by atoms with Gasteiger partial charge < -0.3 is 18.6 Å². The quantitative estimate of drug-likeness (QED) is 0.420. The molecule has 3 heterocycles. The van der Waals surface area contributed by atoms with E-state index in [1.54, 1.807) is 33.9 Å². The number of rotatable bonds is 10. The second kappa shape index (κ2) is 9.94. The highest BCUT2D eigenvalue weighted by molar-refractivity contribution is 7.90. The molecule has 1 atom stereocenters. The largest absolute Gasteiger partial charge is 0.467 e. The summed E-state index contributed by atoms with van der Waals surface area (Å²) in [5, 5.41) is -0.136. The molecule has 1 aromatic carbocycles. The Morgan fingerprint density at radius 3 is 2.66 bits per heavy atom. The van der Waals surface area contributed by atoms with Crippen molar-refractivity contribution in [2.75, 3.05) is 6.61 Å². The van der Waals surface area contributed by atoms with Crippen LogP contribution in [0, 0.1) is 11.7 Å². The zero-order valence-electron chi connectivity index (χ0n) is 19.3. The van der Waals surface area contributed by atoms with E-state index in [0.29, 0.717) is 24.6 Å². The smallest absolute Gasteiger partial charge is 0.228 e. The van der Waals surface area contributed by atoms with E-state index in [0.717, 1.165) is 25.7 Å². The molecule has 1 amide bonds. The highest BCUT2D eigenvalue weighted by atomic mass is 32.2. The second-order valence-corrected chi connectivity index (χ2v) is 11.1. The van der Waals surface area contributed by atoms with Gasteiger partial charge in [0.15, 0.2) is 0 Å². The number of carbonyl (C=O) groups excluding carboxylic acids is 1. The SMILES string of the molecule is O=C(C1CC1)N(Cc1ccco1)Cc1cnc(S(=O)(=O)Cc2ccccc2F)n1C[C@@H]1CCCO1. The Hall–Kier alpha value is -2.98. The highest BCUT2D eigenvalue weighted by Crippen LogP contribution is 2.32. The first-order valence-corrected chi connectivity index (χ1v) is 13.5. The van der Waals surface area contributed by atoms with Crippen LogP contribution in [0.2, 0.25) is 0 Å². The van der Waals surface area contributed by atoms with Gasteiger partial charge in [0.2, 0.25) is 20.9 Å². The van der Waals surface area contributed by atoms with Gasteiger partial charge >= 0.3 is 0 Å². The van der Waals surface area contributed by atoms with Gasteiger partial charge in [-0.2, -0.15) is 0 Å². The van der Waals surface area contributed by atoms with Crippen LogP contribution in [-0.2, 0) is 44.8 Å². The summed E-state index contributed by atoms with van der Waals surface area (Å²) in [4.78, 5) is 19.0. The van der Waals surface area contributed by atoms with E-state index in [1.807, 2.05) is 0 Å². The number of benzene rings is 1. The minimum Gasteiger partial charge on any atom is -0.467 e. The Morgan fingerprint density at radius 1 is 1.14 bits per heavy atom. The van der Waals surface area contributed by atoms with E-state index in [4.69, 9.17) is 9.15 Å². The molecule has 186 valence electrons. The molecule has 5 rings (SSSR count). The minimum atomic E-state index is -3.96.